The summed E-state index contributed by atoms with van der Waals surface area (Å²) in [6.07, 6.45) is 7.99. The van der Waals surface area contributed by atoms with E-state index in [1.54, 1.807) is 0 Å². The normalized spacial score (nSPS) is 15.2. The minimum Gasteiger partial charge on any atom is -0.376 e. The summed E-state index contributed by atoms with van der Waals surface area (Å²) in [5.41, 5.74) is 3.05. The molecule has 26 heavy (non-hydrogen) atoms. The average molecular weight is 349 g/mol. The lowest BCUT2D eigenvalue weighted by molar-refractivity contribution is 0.117. The molecule has 2 rings (SSSR count). The Hall–Kier alpha value is -2.12. The molecule has 1 atom stereocenters. The van der Waals surface area contributed by atoms with Crippen LogP contribution in [0.5, 0.6) is 0 Å². The van der Waals surface area contributed by atoms with Gasteiger partial charge in [0.1, 0.15) is 5.60 Å². The van der Waals surface area contributed by atoms with Crippen LogP contribution < -0.4 is 0 Å². The van der Waals surface area contributed by atoms with Crippen LogP contribution in [-0.2, 0) is 11.0 Å². The molecule has 0 bridgehead atoms. The van der Waals surface area contributed by atoms with Crippen LogP contribution in [0.4, 0.5) is 0 Å². The summed E-state index contributed by atoms with van der Waals surface area (Å²) in [6, 6.07) is 18.4. The van der Waals surface area contributed by atoms with Crippen LogP contribution in [0.25, 0.3) is 0 Å². The predicted octanol–water partition coefficient (Wildman–Crippen LogP) is 6.52. The van der Waals surface area contributed by atoms with Crippen molar-refractivity contribution < 1.29 is 5.11 Å². The number of hydrogen-bond donors (Lipinski definition) is 1. The quantitative estimate of drug-likeness (QED) is 0.589. The largest absolute Gasteiger partial charge is 0.376 e. The highest BCUT2D eigenvalue weighted by Crippen LogP contribution is 2.39. The van der Waals surface area contributed by atoms with Crippen molar-refractivity contribution in [2.45, 2.75) is 58.5 Å². The van der Waals surface area contributed by atoms with Gasteiger partial charge in [0, 0.05) is 0 Å². The van der Waals surface area contributed by atoms with Gasteiger partial charge in [0.2, 0.25) is 0 Å². The molecule has 0 amide bonds. The maximum atomic E-state index is 11.9. The van der Waals surface area contributed by atoms with Gasteiger partial charge in [-0.1, -0.05) is 107 Å². The van der Waals surface area contributed by atoms with Gasteiger partial charge in [-0.15, -0.1) is 0 Å². The lowest BCUT2D eigenvalue weighted by atomic mass is 9.77. The number of aliphatic hydroxyl groups is 1. The second kappa shape index (κ2) is 8.51. The Morgan fingerprint density at radius 1 is 0.846 bits per heavy atom. The zero-order valence-corrected chi connectivity index (χ0v) is 16.8. The van der Waals surface area contributed by atoms with Crippen LogP contribution in [0.15, 0.2) is 78.4 Å². The van der Waals surface area contributed by atoms with Crippen molar-refractivity contribution in [2.75, 3.05) is 0 Å². The molecule has 0 aliphatic carbocycles. The molecule has 0 saturated carbocycles. The molecule has 138 valence electrons. The van der Waals surface area contributed by atoms with Gasteiger partial charge < -0.3 is 5.11 Å². The van der Waals surface area contributed by atoms with Gasteiger partial charge in [-0.05, 0) is 40.5 Å². The van der Waals surface area contributed by atoms with Crippen LogP contribution in [0, 0.1) is 0 Å². The highest BCUT2D eigenvalue weighted by Gasteiger charge is 2.34. The first-order valence-electron chi connectivity index (χ1n) is 9.59. The first-order chi connectivity index (χ1) is 12.3. The molecule has 2 aromatic carbocycles. The van der Waals surface area contributed by atoms with E-state index >= 15 is 0 Å². The summed E-state index contributed by atoms with van der Waals surface area (Å²) >= 11 is 0. The van der Waals surface area contributed by atoms with Crippen LogP contribution in [0.1, 0.15) is 64.2 Å². The molecule has 1 N–H and O–H groups in total. The van der Waals surface area contributed by atoms with Crippen molar-refractivity contribution in [3.8, 4) is 0 Å². The molecule has 2 aromatic rings. The van der Waals surface area contributed by atoms with Crippen LogP contribution in [0.2, 0.25) is 0 Å². The van der Waals surface area contributed by atoms with Crippen LogP contribution in [0.3, 0.4) is 0 Å². The average Bonchev–Trinajstić information content (AvgIpc) is 2.65. The monoisotopic (exact) mass is 348 g/mol. The molecule has 0 aliphatic rings. The van der Waals surface area contributed by atoms with E-state index < -0.39 is 5.60 Å². The second-order valence-electron chi connectivity index (χ2n) is 7.79. The van der Waals surface area contributed by atoms with Crippen LogP contribution >= 0.6 is 0 Å². The third-order valence-electron chi connectivity index (χ3n) is 4.88. The van der Waals surface area contributed by atoms with Gasteiger partial charge in [0.15, 0.2) is 0 Å². The van der Waals surface area contributed by atoms with Crippen molar-refractivity contribution in [2.24, 2.45) is 0 Å². The Labute approximate surface area is 159 Å². The smallest absolute Gasteiger partial charge is 0.136 e. The van der Waals surface area contributed by atoms with E-state index in [2.05, 4.69) is 77.1 Å². The van der Waals surface area contributed by atoms with Gasteiger partial charge in [0.25, 0.3) is 0 Å². The van der Waals surface area contributed by atoms with E-state index in [1.807, 2.05) is 30.3 Å². The highest BCUT2D eigenvalue weighted by atomic mass is 16.3. The molecule has 0 aliphatic heterocycles. The van der Waals surface area contributed by atoms with E-state index in [9.17, 15) is 5.11 Å². The fourth-order valence-corrected chi connectivity index (χ4v) is 3.24. The Bertz CT molecular complexity index is 745. The Morgan fingerprint density at radius 3 is 1.88 bits per heavy atom. The summed E-state index contributed by atoms with van der Waals surface area (Å²) in [6.45, 7) is 10.8. The minimum absolute atomic E-state index is 0.0939. The van der Waals surface area contributed by atoms with Crippen molar-refractivity contribution in [3.05, 3.63) is 95.1 Å². The molecule has 0 radical (unpaired) electrons. The van der Waals surface area contributed by atoms with E-state index in [1.165, 1.54) is 5.56 Å². The zero-order valence-electron chi connectivity index (χ0n) is 16.8. The van der Waals surface area contributed by atoms with Crippen molar-refractivity contribution in [3.63, 3.8) is 0 Å². The summed E-state index contributed by atoms with van der Waals surface area (Å²) in [4.78, 5) is 0. The predicted molar refractivity (Wildman–Crippen MR) is 112 cm³/mol. The summed E-state index contributed by atoms with van der Waals surface area (Å²) < 4.78 is 0. The van der Waals surface area contributed by atoms with Gasteiger partial charge in [-0.2, -0.15) is 0 Å². The third kappa shape index (κ3) is 4.34. The fraction of sp³-hybridized carbons (Fsp3) is 0.360. The van der Waals surface area contributed by atoms with E-state index in [0.29, 0.717) is 0 Å². The highest BCUT2D eigenvalue weighted by molar-refractivity contribution is 5.47. The lowest BCUT2D eigenvalue weighted by Crippen LogP contribution is -2.30. The molecule has 0 heterocycles. The fourth-order valence-electron chi connectivity index (χ4n) is 3.24. The molecule has 1 unspecified atom stereocenters. The molecule has 0 fully saturated rings. The van der Waals surface area contributed by atoms with Gasteiger partial charge in [-0.3, -0.25) is 0 Å². The van der Waals surface area contributed by atoms with Crippen molar-refractivity contribution in [1.29, 1.82) is 0 Å². The summed E-state index contributed by atoms with van der Waals surface area (Å²) in [5.74, 6) is 0. The maximum Gasteiger partial charge on any atom is 0.136 e. The molecular formula is C25H32O. The first kappa shape index (κ1) is 20.2. The summed E-state index contributed by atoms with van der Waals surface area (Å²) in [5, 5.41) is 11.9. The lowest BCUT2D eigenvalue weighted by Gasteiger charge is -2.32. The van der Waals surface area contributed by atoms with Crippen LogP contribution in [-0.4, -0.2) is 5.11 Å². The number of hydrogen-bond acceptors (Lipinski definition) is 1. The Kier molecular flexibility index (Phi) is 6.61. The second-order valence-corrected chi connectivity index (χ2v) is 7.79. The first-order valence-corrected chi connectivity index (χ1v) is 9.59. The number of allylic oxidation sites excluding steroid dienone is 3. The number of rotatable bonds is 6. The topological polar surface area (TPSA) is 20.2 Å². The molecular weight excluding hydrogens is 316 g/mol. The van der Waals surface area contributed by atoms with Gasteiger partial charge >= 0.3 is 0 Å². The van der Waals surface area contributed by atoms with E-state index in [-0.39, 0.29) is 5.41 Å². The standard InChI is InChI=1S/C25H32O/c1-6-8-10-13-20(7-2)25(26,22-14-11-9-12-15-22)23-18-16-21(17-19-23)24(3,4)5/h8-19,26H,6-7H2,1-5H3/b10-8+,20-13+. The molecule has 1 nitrogen and oxygen atoms in total. The summed E-state index contributed by atoms with van der Waals surface area (Å²) in [7, 11) is 0. The van der Waals surface area contributed by atoms with Gasteiger partial charge in [-0.25, -0.2) is 0 Å². The van der Waals surface area contributed by atoms with E-state index in [4.69, 9.17) is 0 Å². The zero-order chi connectivity index (χ0) is 19.2. The van der Waals surface area contributed by atoms with Crippen molar-refractivity contribution >= 4 is 0 Å². The van der Waals surface area contributed by atoms with Gasteiger partial charge in [0.05, 0.1) is 0 Å². The SMILES string of the molecule is CC/C=C/C=C(\CC)C(O)(c1ccccc1)c1ccc(C(C)(C)C)cc1. The van der Waals surface area contributed by atoms with E-state index in [0.717, 1.165) is 29.5 Å². The molecule has 0 aromatic heterocycles. The maximum absolute atomic E-state index is 11.9. The van der Waals surface area contributed by atoms with Crippen molar-refractivity contribution in [1.82, 2.24) is 0 Å². The Balaban J connectivity index is 2.61. The third-order valence-corrected chi connectivity index (χ3v) is 4.88. The Morgan fingerprint density at radius 2 is 1.38 bits per heavy atom. The number of benzene rings is 2. The molecule has 0 saturated heterocycles. The molecule has 0 spiro atoms. The minimum atomic E-state index is -1.12. The molecule has 1 heteroatoms.